The molecule has 0 unspecified atom stereocenters. The number of nitrogens with one attached hydrogen (secondary N) is 1. The number of imidazole rings is 1. The molecule has 5 heteroatoms. The molecule has 120 valence electrons. The molecule has 2 aromatic rings. The van der Waals surface area contributed by atoms with E-state index in [9.17, 15) is 5.11 Å². The number of fused-ring (bicyclic) bond motifs is 1. The first kappa shape index (κ1) is 15.5. The van der Waals surface area contributed by atoms with Crippen LogP contribution in [0, 0.1) is 5.92 Å². The molecule has 1 aliphatic rings. The van der Waals surface area contributed by atoms with E-state index < -0.39 is 0 Å². The highest BCUT2D eigenvalue weighted by molar-refractivity contribution is 5.74. The lowest BCUT2D eigenvalue weighted by molar-refractivity contribution is 0.156. The van der Waals surface area contributed by atoms with Crippen molar-refractivity contribution in [1.29, 1.82) is 0 Å². The number of likely N-dealkylation sites (tertiary alicyclic amines) is 1. The first-order valence-electron chi connectivity index (χ1n) is 8.09. The van der Waals surface area contributed by atoms with Crippen LogP contribution in [0.15, 0.2) is 24.3 Å². The quantitative estimate of drug-likeness (QED) is 0.902. The van der Waals surface area contributed by atoms with Crippen molar-refractivity contribution >= 4 is 11.0 Å². The van der Waals surface area contributed by atoms with Gasteiger partial charge in [0.2, 0.25) is 0 Å². The third kappa shape index (κ3) is 3.48. The topological polar surface area (TPSA) is 55.4 Å². The molecule has 1 fully saturated rings. The van der Waals surface area contributed by atoms with Gasteiger partial charge in [0.15, 0.2) is 0 Å². The predicted molar refractivity (Wildman–Crippen MR) is 88.7 cm³/mol. The van der Waals surface area contributed by atoms with Crippen LogP contribution in [0.1, 0.15) is 18.7 Å². The molecular formula is C17H26N4O. The maximum atomic E-state index is 9.58. The normalized spacial score (nSPS) is 24.0. The Kier molecular flexibility index (Phi) is 4.76. The molecule has 5 nitrogen and oxygen atoms in total. The number of likely N-dealkylation sites (N-methyl/N-ethyl adjacent to an activating group) is 1. The summed E-state index contributed by atoms with van der Waals surface area (Å²) in [5.41, 5.74) is 2.12. The van der Waals surface area contributed by atoms with E-state index in [4.69, 9.17) is 0 Å². The second-order valence-electron chi connectivity index (χ2n) is 6.64. The molecule has 3 rings (SSSR count). The second kappa shape index (κ2) is 6.77. The van der Waals surface area contributed by atoms with Crippen molar-refractivity contribution in [1.82, 2.24) is 19.8 Å². The van der Waals surface area contributed by atoms with Crippen molar-refractivity contribution in [2.45, 2.75) is 25.4 Å². The number of aromatic amines is 1. The monoisotopic (exact) mass is 302 g/mol. The van der Waals surface area contributed by atoms with Crippen molar-refractivity contribution in [2.75, 3.05) is 33.8 Å². The molecule has 22 heavy (non-hydrogen) atoms. The van der Waals surface area contributed by atoms with E-state index in [1.807, 2.05) is 18.2 Å². The maximum absolute atomic E-state index is 9.58. The van der Waals surface area contributed by atoms with Crippen molar-refractivity contribution < 1.29 is 5.11 Å². The summed E-state index contributed by atoms with van der Waals surface area (Å²) in [5.74, 6) is 1.38. The van der Waals surface area contributed by atoms with Crippen molar-refractivity contribution in [3.8, 4) is 0 Å². The second-order valence-corrected chi connectivity index (χ2v) is 6.64. The summed E-state index contributed by atoms with van der Waals surface area (Å²) in [6.07, 6.45) is 2.24. The Bertz CT molecular complexity index is 576. The summed E-state index contributed by atoms with van der Waals surface area (Å²) in [6, 6.07) is 8.69. The molecule has 2 atom stereocenters. The van der Waals surface area contributed by atoms with Crippen LogP contribution < -0.4 is 0 Å². The Morgan fingerprint density at radius 1 is 1.27 bits per heavy atom. The van der Waals surface area contributed by atoms with Crippen LogP contribution in [0.2, 0.25) is 0 Å². The first-order valence-corrected chi connectivity index (χ1v) is 8.09. The SMILES string of the molecule is CN(C)[C@@H]1CC[C@H](CO)CN(Cc2nc3ccccc3[nH]2)C1. The standard InChI is InChI=1S/C17H26N4O/c1-20(2)14-8-7-13(12-22)9-21(10-14)11-17-18-15-5-3-4-6-16(15)19-17/h3-6,13-14,22H,7-12H2,1-2H3,(H,18,19)/t13-,14+/m0/s1. The number of benzene rings is 1. The molecule has 0 saturated carbocycles. The van der Waals surface area contributed by atoms with Gasteiger partial charge in [0.25, 0.3) is 0 Å². The molecule has 0 bridgehead atoms. The Morgan fingerprint density at radius 3 is 2.82 bits per heavy atom. The zero-order valence-electron chi connectivity index (χ0n) is 13.5. The van der Waals surface area contributed by atoms with E-state index in [0.717, 1.165) is 49.3 Å². The van der Waals surface area contributed by atoms with Gasteiger partial charge in [0.1, 0.15) is 5.82 Å². The van der Waals surface area contributed by atoms with Crippen LogP contribution in [-0.4, -0.2) is 64.7 Å². The fourth-order valence-electron chi connectivity index (χ4n) is 3.34. The molecule has 2 heterocycles. The van der Waals surface area contributed by atoms with E-state index in [1.54, 1.807) is 0 Å². The summed E-state index contributed by atoms with van der Waals surface area (Å²) in [5, 5.41) is 9.58. The third-order valence-electron chi connectivity index (χ3n) is 4.69. The van der Waals surface area contributed by atoms with Gasteiger partial charge in [0.05, 0.1) is 17.6 Å². The number of hydrogen-bond donors (Lipinski definition) is 2. The van der Waals surface area contributed by atoms with Crippen LogP contribution in [0.4, 0.5) is 0 Å². The molecule has 0 spiro atoms. The number of aliphatic hydroxyl groups excluding tert-OH is 1. The molecular weight excluding hydrogens is 276 g/mol. The summed E-state index contributed by atoms with van der Waals surface area (Å²) >= 11 is 0. The highest BCUT2D eigenvalue weighted by atomic mass is 16.3. The number of para-hydroxylation sites is 2. The third-order valence-corrected chi connectivity index (χ3v) is 4.69. The number of aromatic nitrogens is 2. The van der Waals surface area contributed by atoms with E-state index in [-0.39, 0.29) is 6.61 Å². The van der Waals surface area contributed by atoms with Gasteiger partial charge < -0.3 is 15.0 Å². The minimum absolute atomic E-state index is 0.275. The van der Waals surface area contributed by atoms with Crippen molar-refractivity contribution in [2.24, 2.45) is 5.92 Å². The number of hydrogen-bond acceptors (Lipinski definition) is 4. The van der Waals surface area contributed by atoms with Crippen LogP contribution in [0.5, 0.6) is 0 Å². The number of nitrogens with zero attached hydrogens (tertiary/aromatic N) is 3. The average Bonchev–Trinajstić information content (AvgIpc) is 2.79. The predicted octanol–water partition coefficient (Wildman–Crippen LogP) is 1.70. The Hall–Kier alpha value is -1.43. The van der Waals surface area contributed by atoms with E-state index in [0.29, 0.717) is 12.0 Å². The van der Waals surface area contributed by atoms with Gasteiger partial charge in [-0.25, -0.2) is 4.98 Å². The molecule has 2 N–H and O–H groups in total. The molecule has 0 amide bonds. The molecule has 0 radical (unpaired) electrons. The van der Waals surface area contributed by atoms with Gasteiger partial charge in [-0.3, -0.25) is 4.90 Å². The summed E-state index contributed by atoms with van der Waals surface area (Å²) < 4.78 is 0. The van der Waals surface area contributed by atoms with Gasteiger partial charge in [-0.2, -0.15) is 0 Å². The zero-order valence-corrected chi connectivity index (χ0v) is 13.5. The zero-order chi connectivity index (χ0) is 15.5. The lowest BCUT2D eigenvalue weighted by Crippen LogP contribution is -2.39. The number of rotatable bonds is 4. The Morgan fingerprint density at radius 2 is 2.09 bits per heavy atom. The fourth-order valence-corrected chi connectivity index (χ4v) is 3.34. The van der Waals surface area contributed by atoms with Crippen LogP contribution in [0.3, 0.4) is 0 Å². The number of H-pyrrole nitrogens is 1. The molecule has 1 saturated heterocycles. The van der Waals surface area contributed by atoms with Gasteiger partial charge in [0, 0.05) is 25.7 Å². The molecule has 0 aliphatic carbocycles. The first-order chi connectivity index (χ1) is 10.7. The Balaban J connectivity index is 1.75. The van der Waals surface area contributed by atoms with Gasteiger partial charge in [-0.05, 0) is 45.0 Å². The van der Waals surface area contributed by atoms with Crippen molar-refractivity contribution in [3.63, 3.8) is 0 Å². The van der Waals surface area contributed by atoms with Gasteiger partial charge in [-0.15, -0.1) is 0 Å². The lowest BCUT2D eigenvalue weighted by atomic mass is 10.0. The van der Waals surface area contributed by atoms with Crippen LogP contribution in [-0.2, 0) is 6.54 Å². The number of aliphatic hydroxyl groups is 1. The highest BCUT2D eigenvalue weighted by Gasteiger charge is 2.25. The van der Waals surface area contributed by atoms with Crippen molar-refractivity contribution in [3.05, 3.63) is 30.1 Å². The minimum Gasteiger partial charge on any atom is -0.396 e. The fraction of sp³-hybridized carbons (Fsp3) is 0.588. The molecule has 1 aliphatic heterocycles. The summed E-state index contributed by atoms with van der Waals surface area (Å²) in [4.78, 5) is 12.8. The Labute approximate surface area is 131 Å². The highest BCUT2D eigenvalue weighted by Crippen LogP contribution is 2.21. The van der Waals surface area contributed by atoms with E-state index in [1.165, 1.54) is 0 Å². The van der Waals surface area contributed by atoms with Gasteiger partial charge >= 0.3 is 0 Å². The maximum Gasteiger partial charge on any atom is 0.121 e. The largest absolute Gasteiger partial charge is 0.396 e. The van der Waals surface area contributed by atoms with Crippen LogP contribution >= 0.6 is 0 Å². The van der Waals surface area contributed by atoms with E-state index in [2.05, 4.69) is 39.9 Å². The minimum atomic E-state index is 0.275. The smallest absolute Gasteiger partial charge is 0.121 e. The average molecular weight is 302 g/mol. The molecule has 1 aromatic heterocycles. The van der Waals surface area contributed by atoms with Gasteiger partial charge in [-0.1, -0.05) is 12.1 Å². The summed E-state index contributed by atoms with van der Waals surface area (Å²) in [7, 11) is 4.28. The van der Waals surface area contributed by atoms with Crippen LogP contribution in [0.25, 0.3) is 11.0 Å². The summed E-state index contributed by atoms with van der Waals surface area (Å²) in [6.45, 7) is 3.06. The lowest BCUT2D eigenvalue weighted by Gasteiger charge is -2.28. The molecule has 1 aromatic carbocycles. The van der Waals surface area contributed by atoms with E-state index >= 15 is 0 Å².